The van der Waals surface area contributed by atoms with E-state index < -0.39 is 10.7 Å². The second kappa shape index (κ2) is 3.30. The zero-order valence-corrected chi connectivity index (χ0v) is 6.78. The van der Waals surface area contributed by atoms with Crippen LogP contribution in [0.1, 0.15) is 15.9 Å². The van der Waals surface area contributed by atoms with Crippen molar-refractivity contribution in [3.63, 3.8) is 0 Å². The Hall–Kier alpha value is -1.78. The number of nitro benzene ring substituents is 1. The molecule has 68 valence electrons. The van der Waals surface area contributed by atoms with Crippen molar-refractivity contribution in [3.05, 3.63) is 39.2 Å². The van der Waals surface area contributed by atoms with Crippen LogP contribution in [0.5, 0.6) is 0 Å². The summed E-state index contributed by atoms with van der Waals surface area (Å²) in [6, 6.07) is 1.89. The van der Waals surface area contributed by atoms with E-state index in [0.717, 1.165) is 12.1 Å². The van der Waals surface area contributed by atoms with E-state index in [2.05, 4.69) is 0 Å². The maximum atomic E-state index is 12.9. The van der Waals surface area contributed by atoms with Gasteiger partial charge in [0.2, 0.25) is 0 Å². The number of aldehydes is 1. The van der Waals surface area contributed by atoms with Crippen LogP contribution < -0.4 is 0 Å². The van der Waals surface area contributed by atoms with Gasteiger partial charge in [0.05, 0.1) is 16.6 Å². The lowest BCUT2D eigenvalue weighted by Crippen LogP contribution is -1.96. The third kappa shape index (κ3) is 1.69. The van der Waals surface area contributed by atoms with Gasteiger partial charge in [-0.3, -0.25) is 14.9 Å². The number of rotatable bonds is 2. The molecule has 4 nitrogen and oxygen atoms in total. The number of halogens is 1. The van der Waals surface area contributed by atoms with E-state index in [1.807, 2.05) is 0 Å². The average molecular weight is 183 g/mol. The Morgan fingerprint density at radius 3 is 2.54 bits per heavy atom. The van der Waals surface area contributed by atoms with Crippen molar-refractivity contribution in [3.8, 4) is 0 Å². The van der Waals surface area contributed by atoms with Gasteiger partial charge < -0.3 is 0 Å². The van der Waals surface area contributed by atoms with Crippen LogP contribution in [0.4, 0.5) is 10.1 Å². The minimum Gasteiger partial charge on any atom is -0.298 e. The summed E-state index contributed by atoms with van der Waals surface area (Å²) in [5, 5.41) is 10.3. The van der Waals surface area contributed by atoms with Crippen LogP contribution in [0, 0.1) is 22.9 Å². The van der Waals surface area contributed by atoms with Gasteiger partial charge in [0, 0.05) is 6.07 Å². The van der Waals surface area contributed by atoms with E-state index in [4.69, 9.17) is 0 Å². The first-order valence-corrected chi connectivity index (χ1v) is 3.46. The predicted molar refractivity (Wildman–Crippen MR) is 43.2 cm³/mol. The molecule has 1 aromatic carbocycles. The molecule has 0 unspecified atom stereocenters. The van der Waals surface area contributed by atoms with E-state index in [1.54, 1.807) is 0 Å². The number of hydrogen-bond donors (Lipinski definition) is 0. The molecule has 5 heteroatoms. The molecule has 0 aliphatic heterocycles. The van der Waals surface area contributed by atoms with Crippen LogP contribution in [-0.2, 0) is 0 Å². The van der Waals surface area contributed by atoms with Crippen molar-refractivity contribution in [2.75, 3.05) is 0 Å². The molecule has 0 heterocycles. The Bertz CT molecular complexity index is 353. The van der Waals surface area contributed by atoms with Gasteiger partial charge in [-0.1, -0.05) is 0 Å². The van der Waals surface area contributed by atoms with Crippen molar-refractivity contribution >= 4 is 12.0 Å². The zero-order chi connectivity index (χ0) is 10.0. The van der Waals surface area contributed by atoms with Crippen molar-refractivity contribution in [2.45, 2.75) is 6.92 Å². The molecule has 0 amide bonds. The lowest BCUT2D eigenvalue weighted by molar-refractivity contribution is -0.385. The molecule has 1 aromatic rings. The first kappa shape index (κ1) is 9.31. The molecule has 0 fully saturated rings. The maximum Gasteiger partial charge on any atom is 0.272 e. The minimum atomic E-state index is -0.860. The number of non-ortho nitro benzene ring substituents is 1. The van der Waals surface area contributed by atoms with E-state index in [1.165, 1.54) is 6.92 Å². The fourth-order valence-electron chi connectivity index (χ4n) is 0.992. The molecule has 0 aliphatic carbocycles. The third-order valence-corrected chi connectivity index (χ3v) is 1.65. The zero-order valence-electron chi connectivity index (χ0n) is 6.78. The Morgan fingerprint density at radius 1 is 1.54 bits per heavy atom. The molecule has 0 aromatic heterocycles. The molecule has 0 radical (unpaired) electrons. The van der Waals surface area contributed by atoms with Gasteiger partial charge in [-0.05, 0) is 12.5 Å². The average Bonchev–Trinajstić information content (AvgIpc) is 2.03. The summed E-state index contributed by atoms with van der Waals surface area (Å²) in [5.41, 5.74) is -0.215. The van der Waals surface area contributed by atoms with E-state index in [9.17, 15) is 19.3 Å². The molecule has 0 spiro atoms. The van der Waals surface area contributed by atoms with E-state index in [-0.39, 0.29) is 16.8 Å². The molecule has 0 bridgehead atoms. The molecule has 1 rings (SSSR count). The lowest BCUT2D eigenvalue weighted by atomic mass is 10.1. The molecule has 0 N–H and O–H groups in total. The van der Waals surface area contributed by atoms with Gasteiger partial charge in [0.1, 0.15) is 5.82 Å². The number of benzene rings is 1. The second-order valence-electron chi connectivity index (χ2n) is 2.53. The quantitative estimate of drug-likeness (QED) is 0.399. The summed E-state index contributed by atoms with van der Waals surface area (Å²) in [6.45, 7) is 1.44. The standard InChI is InChI=1S/C8H6FNO3/c1-5-2-6(10(12)13)3-8(9)7(5)4-11/h2-4H,1H3. The number of carbonyl (C=O) groups is 1. The van der Waals surface area contributed by atoms with Crippen LogP contribution in [0.3, 0.4) is 0 Å². The molecule has 13 heavy (non-hydrogen) atoms. The largest absolute Gasteiger partial charge is 0.298 e. The van der Waals surface area contributed by atoms with Gasteiger partial charge in [-0.2, -0.15) is 0 Å². The van der Waals surface area contributed by atoms with Crippen LogP contribution in [0.25, 0.3) is 0 Å². The normalized spacial score (nSPS) is 9.69. The van der Waals surface area contributed by atoms with Gasteiger partial charge in [-0.25, -0.2) is 4.39 Å². The molecule has 0 saturated heterocycles. The lowest BCUT2D eigenvalue weighted by Gasteiger charge is -1.99. The number of hydrogen-bond acceptors (Lipinski definition) is 3. The summed E-state index contributed by atoms with van der Waals surface area (Å²) in [7, 11) is 0. The Kier molecular flexibility index (Phi) is 2.36. The van der Waals surface area contributed by atoms with Gasteiger partial charge in [0.15, 0.2) is 6.29 Å². The van der Waals surface area contributed by atoms with Crippen LogP contribution >= 0.6 is 0 Å². The first-order chi connectivity index (χ1) is 6.06. The number of aryl methyl sites for hydroxylation is 1. The fraction of sp³-hybridized carbons (Fsp3) is 0.125. The highest BCUT2D eigenvalue weighted by molar-refractivity contribution is 5.78. The fourth-order valence-corrected chi connectivity index (χ4v) is 0.992. The van der Waals surface area contributed by atoms with Gasteiger partial charge >= 0.3 is 0 Å². The molecule has 0 atom stereocenters. The van der Waals surface area contributed by atoms with Crippen LogP contribution in [0.15, 0.2) is 12.1 Å². The maximum absolute atomic E-state index is 12.9. The molecular weight excluding hydrogens is 177 g/mol. The summed E-state index contributed by atoms with van der Waals surface area (Å²) in [5.74, 6) is -0.860. The Balaban J connectivity index is 3.36. The molecule has 0 saturated carbocycles. The van der Waals surface area contributed by atoms with Crippen LogP contribution in [-0.4, -0.2) is 11.2 Å². The summed E-state index contributed by atoms with van der Waals surface area (Å²) in [4.78, 5) is 19.9. The highest BCUT2D eigenvalue weighted by Crippen LogP contribution is 2.19. The number of nitro groups is 1. The SMILES string of the molecule is Cc1cc([N+](=O)[O-])cc(F)c1C=O. The van der Waals surface area contributed by atoms with E-state index in [0.29, 0.717) is 6.29 Å². The van der Waals surface area contributed by atoms with Crippen LogP contribution in [0.2, 0.25) is 0 Å². The van der Waals surface area contributed by atoms with Crippen molar-refractivity contribution in [1.82, 2.24) is 0 Å². The predicted octanol–water partition coefficient (Wildman–Crippen LogP) is 1.85. The van der Waals surface area contributed by atoms with E-state index >= 15 is 0 Å². The smallest absolute Gasteiger partial charge is 0.272 e. The molecular formula is C8H6FNO3. The highest BCUT2D eigenvalue weighted by Gasteiger charge is 2.13. The first-order valence-electron chi connectivity index (χ1n) is 3.46. The number of carbonyl (C=O) groups excluding carboxylic acids is 1. The summed E-state index contributed by atoms with van der Waals surface area (Å²) < 4.78 is 12.9. The van der Waals surface area contributed by atoms with Crippen molar-refractivity contribution < 1.29 is 14.1 Å². The van der Waals surface area contributed by atoms with Crippen molar-refractivity contribution in [1.29, 1.82) is 0 Å². The monoisotopic (exact) mass is 183 g/mol. The summed E-state index contributed by atoms with van der Waals surface area (Å²) in [6.07, 6.45) is 0.342. The highest BCUT2D eigenvalue weighted by atomic mass is 19.1. The van der Waals surface area contributed by atoms with Crippen molar-refractivity contribution in [2.24, 2.45) is 0 Å². The Labute approximate surface area is 73.1 Å². The third-order valence-electron chi connectivity index (χ3n) is 1.65. The minimum absolute atomic E-state index is 0.134. The number of nitrogens with zero attached hydrogens (tertiary/aromatic N) is 1. The molecule has 0 aliphatic rings. The topological polar surface area (TPSA) is 60.2 Å². The summed E-state index contributed by atoms with van der Waals surface area (Å²) >= 11 is 0. The second-order valence-corrected chi connectivity index (χ2v) is 2.53. The van der Waals surface area contributed by atoms with Gasteiger partial charge in [0.25, 0.3) is 5.69 Å². The Morgan fingerprint density at radius 2 is 2.15 bits per heavy atom. The van der Waals surface area contributed by atoms with Gasteiger partial charge in [-0.15, -0.1) is 0 Å².